The fraction of sp³-hybridized carbons (Fsp3) is 0.235. The monoisotopic (exact) mass is 315 g/mol. The Balaban J connectivity index is 2.59. The highest BCUT2D eigenvalue weighted by atomic mass is 16.5. The number of aromatic nitrogens is 1. The van der Waals surface area contributed by atoms with Crippen LogP contribution in [0.1, 0.15) is 34.7 Å². The quantitative estimate of drug-likeness (QED) is 0.854. The molecule has 0 atom stereocenters. The van der Waals surface area contributed by atoms with E-state index in [1.54, 1.807) is 38.1 Å². The van der Waals surface area contributed by atoms with Crippen molar-refractivity contribution in [3.8, 4) is 16.9 Å². The van der Waals surface area contributed by atoms with Gasteiger partial charge in [0.05, 0.1) is 18.8 Å². The smallest absolute Gasteiger partial charge is 0.357 e. The van der Waals surface area contributed by atoms with E-state index in [0.717, 1.165) is 6.20 Å². The lowest BCUT2D eigenvalue weighted by atomic mass is 9.99. The maximum atomic E-state index is 12.0. The normalized spacial score (nSPS) is 10.4. The Hall–Kier alpha value is -2.89. The molecule has 0 radical (unpaired) electrons. The fourth-order valence-corrected chi connectivity index (χ4v) is 2.10. The molecule has 0 spiro atoms. The molecule has 0 aliphatic heterocycles. The molecule has 1 N–H and O–H groups in total. The molecular formula is C17H17NO5. The van der Waals surface area contributed by atoms with Crippen LogP contribution in [-0.2, 0) is 4.74 Å². The topological polar surface area (TPSA) is 85.7 Å². The van der Waals surface area contributed by atoms with Gasteiger partial charge in [0, 0.05) is 17.3 Å². The highest BCUT2D eigenvalue weighted by molar-refractivity contribution is 5.99. The Labute approximate surface area is 133 Å². The molecule has 0 unspecified atom stereocenters. The second kappa shape index (κ2) is 6.91. The molecule has 6 heteroatoms. The number of carbonyl (C=O) groups excluding carboxylic acids is 1. The van der Waals surface area contributed by atoms with Crippen molar-refractivity contribution in [3.63, 3.8) is 0 Å². The lowest BCUT2D eigenvalue weighted by Gasteiger charge is -2.13. The molecule has 2 rings (SSSR count). The van der Waals surface area contributed by atoms with Crippen molar-refractivity contribution in [1.82, 2.24) is 4.98 Å². The first-order valence-corrected chi connectivity index (χ1v) is 7.01. The van der Waals surface area contributed by atoms with Crippen LogP contribution in [0.2, 0.25) is 0 Å². The lowest BCUT2D eigenvalue weighted by Crippen LogP contribution is -2.14. The van der Waals surface area contributed by atoms with Crippen LogP contribution in [0.15, 0.2) is 36.5 Å². The first kappa shape index (κ1) is 16.5. The molecule has 23 heavy (non-hydrogen) atoms. The minimum atomic E-state index is -1.14. The number of nitrogens with zero attached hydrogens (tertiary/aromatic N) is 1. The molecule has 0 aliphatic rings. The molecular weight excluding hydrogens is 298 g/mol. The van der Waals surface area contributed by atoms with Gasteiger partial charge < -0.3 is 14.6 Å². The molecule has 0 aliphatic carbocycles. The maximum absolute atomic E-state index is 12.0. The van der Waals surface area contributed by atoms with E-state index in [-0.39, 0.29) is 17.4 Å². The number of esters is 1. The summed E-state index contributed by atoms with van der Waals surface area (Å²) in [6.45, 7) is 3.45. The number of para-hydroxylation sites is 1. The van der Waals surface area contributed by atoms with E-state index in [9.17, 15) is 14.7 Å². The Kier molecular flexibility index (Phi) is 4.95. The summed E-state index contributed by atoms with van der Waals surface area (Å²) in [4.78, 5) is 27.4. The standard InChI is InChI=1S/C17H17NO5/c1-10(2)23-17(21)14-8-12(13(9-18-14)16(19)20)11-6-4-5-7-15(11)22-3/h4-10H,1-3H3,(H,19,20). The summed E-state index contributed by atoms with van der Waals surface area (Å²) in [5, 5.41) is 9.37. The highest BCUT2D eigenvalue weighted by Crippen LogP contribution is 2.32. The molecule has 2 aromatic rings. The zero-order valence-corrected chi connectivity index (χ0v) is 13.1. The molecule has 0 saturated heterocycles. The van der Waals surface area contributed by atoms with Gasteiger partial charge in [-0.05, 0) is 26.0 Å². The second-order valence-corrected chi connectivity index (χ2v) is 5.07. The third-order valence-corrected chi connectivity index (χ3v) is 3.08. The van der Waals surface area contributed by atoms with E-state index >= 15 is 0 Å². The largest absolute Gasteiger partial charge is 0.496 e. The van der Waals surface area contributed by atoms with Crippen molar-refractivity contribution in [2.24, 2.45) is 0 Å². The number of hydrogen-bond donors (Lipinski definition) is 1. The minimum absolute atomic E-state index is 0.0180. The van der Waals surface area contributed by atoms with Gasteiger partial charge in [-0.2, -0.15) is 0 Å². The molecule has 1 aromatic carbocycles. The first-order chi connectivity index (χ1) is 10.9. The minimum Gasteiger partial charge on any atom is -0.496 e. The predicted molar refractivity (Wildman–Crippen MR) is 83.7 cm³/mol. The van der Waals surface area contributed by atoms with E-state index in [0.29, 0.717) is 16.9 Å². The third-order valence-electron chi connectivity index (χ3n) is 3.08. The van der Waals surface area contributed by atoms with Gasteiger partial charge in [0.2, 0.25) is 0 Å². The zero-order valence-electron chi connectivity index (χ0n) is 13.1. The van der Waals surface area contributed by atoms with Gasteiger partial charge in [0.25, 0.3) is 0 Å². The van der Waals surface area contributed by atoms with Gasteiger partial charge in [-0.3, -0.25) is 0 Å². The summed E-state index contributed by atoms with van der Waals surface area (Å²) in [7, 11) is 1.49. The number of ether oxygens (including phenoxy) is 2. The zero-order chi connectivity index (χ0) is 17.0. The van der Waals surface area contributed by atoms with Crippen LogP contribution in [0.25, 0.3) is 11.1 Å². The lowest BCUT2D eigenvalue weighted by molar-refractivity contribution is 0.0370. The van der Waals surface area contributed by atoms with E-state index in [4.69, 9.17) is 9.47 Å². The van der Waals surface area contributed by atoms with E-state index in [1.165, 1.54) is 13.2 Å². The number of rotatable bonds is 5. The van der Waals surface area contributed by atoms with E-state index in [1.807, 2.05) is 0 Å². The van der Waals surface area contributed by atoms with Gasteiger partial charge in [-0.15, -0.1) is 0 Å². The maximum Gasteiger partial charge on any atom is 0.357 e. The Morgan fingerprint density at radius 2 is 1.87 bits per heavy atom. The van der Waals surface area contributed by atoms with Gasteiger partial charge in [-0.25, -0.2) is 14.6 Å². The average molecular weight is 315 g/mol. The fourth-order valence-electron chi connectivity index (χ4n) is 2.10. The molecule has 0 bridgehead atoms. The van der Waals surface area contributed by atoms with E-state index in [2.05, 4.69) is 4.98 Å². The van der Waals surface area contributed by atoms with Crippen molar-refractivity contribution in [2.45, 2.75) is 20.0 Å². The average Bonchev–Trinajstić information content (AvgIpc) is 2.53. The molecule has 0 saturated carbocycles. The Morgan fingerprint density at radius 1 is 1.17 bits per heavy atom. The number of carboxylic acids is 1. The molecule has 120 valence electrons. The van der Waals surface area contributed by atoms with Crippen molar-refractivity contribution in [3.05, 3.63) is 47.8 Å². The number of aromatic carboxylic acids is 1. The number of methoxy groups -OCH3 is 1. The summed E-state index contributed by atoms with van der Waals surface area (Å²) in [6, 6.07) is 8.38. The number of pyridine rings is 1. The number of carbonyl (C=O) groups is 2. The molecule has 0 amide bonds. The van der Waals surface area contributed by atoms with Gasteiger partial charge in [-0.1, -0.05) is 18.2 Å². The molecule has 1 heterocycles. The van der Waals surface area contributed by atoms with Crippen molar-refractivity contribution < 1.29 is 24.2 Å². The van der Waals surface area contributed by atoms with Crippen LogP contribution < -0.4 is 4.74 Å². The Bertz CT molecular complexity index is 740. The van der Waals surface area contributed by atoms with Crippen molar-refractivity contribution in [2.75, 3.05) is 7.11 Å². The van der Waals surface area contributed by atoms with Gasteiger partial charge in [0.15, 0.2) is 0 Å². The SMILES string of the molecule is COc1ccccc1-c1cc(C(=O)OC(C)C)ncc1C(=O)O. The van der Waals surface area contributed by atoms with Crippen LogP contribution in [0.5, 0.6) is 5.75 Å². The van der Waals surface area contributed by atoms with Gasteiger partial charge >= 0.3 is 11.9 Å². The molecule has 1 aromatic heterocycles. The van der Waals surface area contributed by atoms with Crippen LogP contribution in [0, 0.1) is 0 Å². The van der Waals surface area contributed by atoms with Crippen molar-refractivity contribution in [1.29, 1.82) is 0 Å². The molecule has 0 fully saturated rings. The predicted octanol–water partition coefficient (Wildman–Crippen LogP) is 3.02. The second-order valence-electron chi connectivity index (χ2n) is 5.07. The van der Waals surface area contributed by atoms with Crippen LogP contribution in [0.4, 0.5) is 0 Å². The van der Waals surface area contributed by atoms with Crippen molar-refractivity contribution >= 4 is 11.9 Å². The summed E-state index contributed by atoms with van der Waals surface area (Å²) < 4.78 is 10.4. The summed E-state index contributed by atoms with van der Waals surface area (Å²) >= 11 is 0. The summed E-state index contributed by atoms with van der Waals surface area (Å²) in [6.07, 6.45) is 0.860. The summed E-state index contributed by atoms with van der Waals surface area (Å²) in [5.74, 6) is -1.24. The number of hydrogen-bond acceptors (Lipinski definition) is 5. The number of benzene rings is 1. The van der Waals surface area contributed by atoms with Gasteiger partial charge in [0.1, 0.15) is 11.4 Å². The van der Waals surface area contributed by atoms with Crippen LogP contribution in [0.3, 0.4) is 0 Å². The Morgan fingerprint density at radius 3 is 2.48 bits per heavy atom. The van der Waals surface area contributed by atoms with Crippen LogP contribution >= 0.6 is 0 Å². The molecule has 6 nitrogen and oxygen atoms in total. The highest BCUT2D eigenvalue weighted by Gasteiger charge is 2.20. The van der Waals surface area contributed by atoms with Crippen LogP contribution in [-0.4, -0.2) is 35.2 Å². The summed E-state index contributed by atoms with van der Waals surface area (Å²) in [5.41, 5.74) is 0.939. The van der Waals surface area contributed by atoms with E-state index < -0.39 is 11.9 Å². The first-order valence-electron chi connectivity index (χ1n) is 7.01. The third kappa shape index (κ3) is 3.66. The number of carboxylic acid groups (broad SMARTS) is 1.